The molecule has 0 aliphatic rings. The molecule has 6 nitrogen and oxygen atoms in total. The molecular weight excluding hydrogens is 290 g/mol. The zero-order valence-electron chi connectivity index (χ0n) is 12.8. The van der Waals surface area contributed by atoms with E-state index in [4.69, 9.17) is 13.3 Å². The third-order valence-electron chi connectivity index (χ3n) is 2.98. The van der Waals surface area contributed by atoms with Gasteiger partial charge in [-0.2, -0.15) is 0 Å². The zero-order chi connectivity index (χ0) is 15.7. The van der Waals surface area contributed by atoms with Gasteiger partial charge in [-0.05, 0) is 27.2 Å². The SMILES string of the molecule is CCO[Si](CCc1ccccc1[N+](=O)[O-])(OCC)OCC. The van der Waals surface area contributed by atoms with Gasteiger partial charge in [0.25, 0.3) is 5.69 Å². The molecule has 0 unspecified atom stereocenters. The van der Waals surface area contributed by atoms with E-state index in [2.05, 4.69) is 0 Å². The molecular formula is C14H23NO5Si. The molecule has 0 saturated carbocycles. The summed E-state index contributed by atoms with van der Waals surface area (Å²) in [7, 11) is -2.76. The third-order valence-corrected chi connectivity index (χ3v) is 6.03. The van der Waals surface area contributed by atoms with Gasteiger partial charge >= 0.3 is 8.80 Å². The molecule has 7 heteroatoms. The van der Waals surface area contributed by atoms with E-state index in [1.807, 2.05) is 20.8 Å². The summed E-state index contributed by atoms with van der Waals surface area (Å²) in [6.45, 7) is 7.19. The number of para-hydroxylation sites is 1. The summed E-state index contributed by atoms with van der Waals surface area (Å²) in [4.78, 5) is 10.7. The van der Waals surface area contributed by atoms with Crippen LogP contribution >= 0.6 is 0 Å². The van der Waals surface area contributed by atoms with Gasteiger partial charge in [0.15, 0.2) is 0 Å². The third kappa shape index (κ3) is 5.20. The molecule has 118 valence electrons. The molecule has 0 N–H and O–H groups in total. The standard InChI is InChI=1S/C14H23NO5Si/c1-4-18-21(19-5-2,20-6-3)12-11-13-9-7-8-10-14(13)15(16)17/h7-10H,4-6,11-12H2,1-3H3. The Kier molecular flexibility index (Phi) is 7.52. The molecule has 0 aliphatic carbocycles. The highest BCUT2D eigenvalue weighted by Gasteiger charge is 2.40. The van der Waals surface area contributed by atoms with E-state index in [1.165, 1.54) is 6.07 Å². The Morgan fingerprint density at radius 3 is 2.05 bits per heavy atom. The van der Waals surface area contributed by atoms with Gasteiger partial charge in [0.1, 0.15) is 0 Å². The lowest BCUT2D eigenvalue weighted by Gasteiger charge is -2.28. The number of hydrogen-bond donors (Lipinski definition) is 0. The van der Waals surface area contributed by atoms with Crippen LogP contribution in [0.3, 0.4) is 0 Å². The Morgan fingerprint density at radius 1 is 1.05 bits per heavy atom. The fraction of sp³-hybridized carbons (Fsp3) is 0.571. The number of nitro benzene ring substituents is 1. The highest BCUT2D eigenvalue weighted by atomic mass is 28.4. The summed E-state index contributed by atoms with van der Waals surface area (Å²) in [5, 5.41) is 11.0. The van der Waals surface area contributed by atoms with Crippen LogP contribution in [0.15, 0.2) is 24.3 Å². The smallest absolute Gasteiger partial charge is 0.374 e. The highest BCUT2D eigenvalue weighted by molar-refractivity contribution is 6.60. The first-order valence-electron chi connectivity index (χ1n) is 7.22. The van der Waals surface area contributed by atoms with Crippen LogP contribution in [0.4, 0.5) is 5.69 Å². The molecule has 0 fully saturated rings. The molecule has 1 aromatic rings. The molecule has 0 amide bonds. The molecule has 0 atom stereocenters. The quantitative estimate of drug-likeness (QED) is 0.377. The van der Waals surface area contributed by atoms with E-state index in [-0.39, 0.29) is 10.6 Å². The molecule has 0 bridgehead atoms. The summed E-state index contributed by atoms with van der Waals surface area (Å²) in [6, 6.07) is 7.28. The second-order valence-electron chi connectivity index (χ2n) is 4.37. The largest absolute Gasteiger partial charge is 0.501 e. The normalized spacial score (nSPS) is 11.6. The van der Waals surface area contributed by atoms with Crippen LogP contribution in [0.5, 0.6) is 0 Å². The minimum Gasteiger partial charge on any atom is -0.374 e. The Bertz CT molecular complexity index is 438. The minimum absolute atomic E-state index is 0.130. The van der Waals surface area contributed by atoms with Gasteiger partial charge in [0.2, 0.25) is 0 Å². The van der Waals surface area contributed by atoms with Gasteiger partial charge in [0, 0.05) is 37.5 Å². The van der Waals surface area contributed by atoms with Crippen molar-refractivity contribution < 1.29 is 18.2 Å². The summed E-state index contributed by atoms with van der Waals surface area (Å²) >= 11 is 0. The monoisotopic (exact) mass is 313 g/mol. The van der Waals surface area contributed by atoms with Crippen molar-refractivity contribution in [3.63, 3.8) is 0 Å². The lowest BCUT2D eigenvalue weighted by molar-refractivity contribution is -0.385. The van der Waals surface area contributed by atoms with Crippen molar-refractivity contribution in [3.8, 4) is 0 Å². The number of nitro groups is 1. The fourth-order valence-electron chi connectivity index (χ4n) is 2.19. The van der Waals surface area contributed by atoms with Crippen LogP contribution in [-0.4, -0.2) is 33.5 Å². The molecule has 1 rings (SSSR count). The number of nitrogens with zero attached hydrogens (tertiary/aromatic N) is 1. The molecule has 21 heavy (non-hydrogen) atoms. The molecule has 0 aliphatic heterocycles. The predicted octanol–water partition coefficient (Wildman–Crippen LogP) is 3.19. The van der Waals surface area contributed by atoms with Crippen LogP contribution in [0, 0.1) is 10.1 Å². The maximum atomic E-state index is 11.0. The Balaban J connectivity index is 2.87. The van der Waals surface area contributed by atoms with Gasteiger partial charge in [0.05, 0.1) is 4.92 Å². The number of aryl methyl sites for hydroxylation is 1. The molecule has 0 aromatic heterocycles. The van der Waals surface area contributed by atoms with Gasteiger partial charge in [-0.15, -0.1) is 0 Å². The lowest BCUT2D eigenvalue weighted by Crippen LogP contribution is -2.46. The molecule has 0 spiro atoms. The Labute approximate surface area is 126 Å². The van der Waals surface area contributed by atoms with Gasteiger partial charge in [-0.3, -0.25) is 10.1 Å². The summed E-state index contributed by atoms with van der Waals surface area (Å²) < 4.78 is 17.3. The van der Waals surface area contributed by atoms with Crippen LogP contribution < -0.4 is 0 Å². The number of benzene rings is 1. The average Bonchev–Trinajstić information content (AvgIpc) is 2.46. The topological polar surface area (TPSA) is 70.8 Å². The van der Waals surface area contributed by atoms with Crippen molar-refractivity contribution in [2.24, 2.45) is 0 Å². The average molecular weight is 313 g/mol. The van der Waals surface area contributed by atoms with Crippen molar-refractivity contribution in [2.45, 2.75) is 33.2 Å². The molecule has 0 radical (unpaired) electrons. The van der Waals surface area contributed by atoms with Crippen LogP contribution in [0.1, 0.15) is 26.3 Å². The van der Waals surface area contributed by atoms with Crippen LogP contribution in [0.2, 0.25) is 6.04 Å². The lowest BCUT2D eigenvalue weighted by atomic mass is 10.1. The van der Waals surface area contributed by atoms with E-state index in [0.29, 0.717) is 37.8 Å². The minimum atomic E-state index is -2.76. The van der Waals surface area contributed by atoms with Gasteiger partial charge in [-0.25, -0.2) is 0 Å². The molecule has 0 saturated heterocycles. The van der Waals surface area contributed by atoms with E-state index in [1.54, 1.807) is 18.2 Å². The first-order chi connectivity index (χ1) is 10.1. The first kappa shape index (κ1) is 17.8. The van der Waals surface area contributed by atoms with E-state index < -0.39 is 8.80 Å². The Hall–Kier alpha value is -1.28. The maximum absolute atomic E-state index is 11.0. The molecule has 0 heterocycles. The zero-order valence-corrected chi connectivity index (χ0v) is 13.8. The second-order valence-corrected chi connectivity index (χ2v) is 7.10. The van der Waals surface area contributed by atoms with Gasteiger partial charge < -0.3 is 13.3 Å². The van der Waals surface area contributed by atoms with Crippen molar-refractivity contribution in [3.05, 3.63) is 39.9 Å². The van der Waals surface area contributed by atoms with Crippen LogP contribution in [-0.2, 0) is 19.7 Å². The van der Waals surface area contributed by atoms with Crippen molar-refractivity contribution in [1.29, 1.82) is 0 Å². The van der Waals surface area contributed by atoms with E-state index in [0.717, 1.165) is 0 Å². The van der Waals surface area contributed by atoms with Crippen molar-refractivity contribution in [1.82, 2.24) is 0 Å². The number of rotatable bonds is 10. The second kappa shape index (κ2) is 8.88. The Morgan fingerprint density at radius 2 is 1.57 bits per heavy atom. The van der Waals surface area contributed by atoms with Crippen LogP contribution in [0.25, 0.3) is 0 Å². The predicted molar refractivity (Wildman–Crippen MR) is 82.2 cm³/mol. The summed E-state index contributed by atoms with van der Waals surface area (Å²) in [5.74, 6) is 0. The van der Waals surface area contributed by atoms with Gasteiger partial charge in [-0.1, -0.05) is 18.2 Å². The van der Waals surface area contributed by atoms with E-state index in [9.17, 15) is 10.1 Å². The fourth-order valence-corrected chi connectivity index (χ4v) is 4.77. The summed E-state index contributed by atoms with van der Waals surface area (Å²) in [5.41, 5.74) is 0.809. The maximum Gasteiger partial charge on any atom is 0.501 e. The number of hydrogen-bond acceptors (Lipinski definition) is 5. The van der Waals surface area contributed by atoms with E-state index >= 15 is 0 Å². The highest BCUT2D eigenvalue weighted by Crippen LogP contribution is 2.24. The van der Waals surface area contributed by atoms with Crippen molar-refractivity contribution >= 4 is 14.5 Å². The van der Waals surface area contributed by atoms with Crippen molar-refractivity contribution in [2.75, 3.05) is 19.8 Å². The summed E-state index contributed by atoms with van der Waals surface area (Å²) in [6.07, 6.45) is 0.503. The molecule has 1 aromatic carbocycles. The first-order valence-corrected chi connectivity index (χ1v) is 9.15.